The van der Waals surface area contributed by atoms with Crippen molar-refractivity contribution >= 4 is 51.7 Å². The number of carbonyl (C=O) groups is 3. The number of aliphatic carboxylic acids is 1. The van der Waals surface area contributed by atoms with E-state index in [1.54, 1.807) is 18.2 Å². The average Bonchev–Trinajstić information content (AvgIpc) is 2.74. The second-order valence-electron chi connectivity index (χ2n) is 6.31. The lowest BCUT2D eigenvalue weighted by Gasteiger charge is -2.23. The van der Waals surface area contributed by atoms with Crippen molar-refractivity contribution in [3.8, 4) is 0 Å². The normalized spacial score (nSPS) is 14.6. The summed E-state index contributed by atoms with van der Waals surface area (Å²) in [5.41, 5.74) is -0.269. The van der Waals surface area contributed by atoms with Gasteiger partial charge in [0.2, 0.25) is 0 Å². The van der Waals surface area contributed by atoms with Crippen LogP contribution in [0.4, 0.5) is 24.5 Å². The van der Waals surface area contributed by atoms with E-state index in [9.17, 15) is 27.6 Å². The average molecular weight is 518 g/mol. The standard InChI is InChI=1S/C19H14F3IN2O4/c20-19(21,22)11-1-4-13(5-2-11)25-15-6-3-12(23)9-14(15)18(29)24(10-16(25)26)8-7-17(27)28/h1-6,9H,7-8,10H2,(H,27,28). The van der Waals surface area contributed by atoms with E-state index in [1.165, 1.54) is 17.0 Å². The van der Waals surface area contributed by atoms with Gasteiger partial charge in [-0.15, -0.1) is 0 Å². The number of carboxylic acids is 1. The summed E-state index contributed by atoms with van der Waals surface area (Å²) < 4.78 is 39.3. The first kappa shape index (κ1) is 21.1. The van der Waals surface area contributed by atoms with Gasteiger partial charge in [0.05, 0.1) is 23.2 Å². The van der Waals surface area contributed by atoms with E-state index in [-0.39, 0.29) is 29.9 Å². The van der Waals surface area contributed by atoms with Gasteiger partial charge in [-0.3, -0.25) is 19.3 Å². The van der Waals surface area contributed by atoms with Crippen LogP contribution in [-0.4, -0.2) is 40.9 Å². The molecule has 1 aliphatic rings. The second kappa shape index (κ2) is 8.01. The molecule has 0 saturated carbocycles. The lowest BCUT2D eigenvalue weighted by Crippen LogP contribution is -2.38. The Bertz CT molecular complexity index is 976. The van der Waals surface area contributed by atoms with Gasteiger partial charge in [-0.25, -0.2) is 0 Å². The van der Waals surface area contributed by atoms with Crippen molar-refractivity contribution in [1.29, 1.82) is 0 Å². The first-order valence-electron chi connectivity index (χ1n) is 8.39. The van der Waals surface area contributed by atoms with Crippen molar-refractivity contribution in [3.63, 3.8) is 0 Å². The van der Waals surface area contributed by atoms with Crippen LogP contribution in [0.5, 0.6) is 0 Å². The van der Waals surface area contributed by atoms with E-state index in [2.05, 4.69) is 0 Å². The number of hydrogen-bond donors (Lipinski definition) is 1. The van der Waals surface area contributed by atoms with Gasteiger partial charge in [-0.05, 0) is 65.1 Å². The highest BCUT2D eigenvalue weighted by Gasteiger charge is 2.34. The minimum absolute atomic E-state index is 0.161. The number of fused-ring (bicyclic) bond motifs is 1. The van der Waals surface area contributed by atoms with Gasteiger partial charge in [0.25, 0.3) is 11.8 Å². The summed E-state index contributed by atoms with van der Waals surface area (Å²) in [4.78, 5) is 39.0. The maximum atomic E-state index is 12.9. The first-order chi connectivity index (χ1) is 13.6. The van der Waals surface area contributed by atoms with Crippen LogP contribution in [0.25, 0.3) is 0 Å². The molecule has 6 nitrogen and oxygen atoms in total. The van der Waals surface area contributed by atoms with Crippen LogP contribution in [0, 0.1) is 3.57 Å². The molecular formula is C19H14F3IN2O4. The predicted molar refractivity (Wildman–Crippen MR) is 106 cm³/mol. The van der Waals surface area contributed by atoms with Crippen molar-refractivity contribution in [2.24, 2.45) is 0 Å². The Labute approximate surface area is 177 Å². The number of anilines is 2. The fourth-order valence-electron chi connectivity index (χ4n) is 2.98. The maximum Gasteiger partial charge on any atom is 0.416 e. The summed E-state index contributed by atoms with van der Waals surface area (Å²) in [7, 11) is 0. The molecule has 1 N–H and O–H groups in total. The van der Waals surface area contributed by atoms with Crippen molar-refractivity contribution in [1.82, 2.24) is 4.90 Å². The minimum Gasteiger partial charge on any atom is -0.481 e. The summed E-state index contributed by atoms with van der Waals surface area (Å²) in [6, 6.07) is 8.84. The molecule has 1 heterocycles. The highest BCUT2D eigenvalue weighted by atomic mass is 127. The predicted octanol–water partition coefficient (Wildman–Crippen LogP) is 3.91. The highest BCUT2D eigenvalue weighted by molar-refractivity contribution is 14.1. The number of rotatable bonds is 4. The largest absolute Gasteiger partial charge is 0.481 e. The van der Waals surface area contributed by atoms with Crippen LogP contribution >= 0.6 is 22.6 Å². The SMILES string of the molecule is O=C(O)CCN1CC(=O)N(c2ccc(C(F)(F)F)cc2)c2ccc(I)cc2C1=O. The monoisotopic (exact) mass is 518 g/mol. The summed E-state index contributed by atoms with van der Waals surface area (Å²) in [6.45, 7) is -0.552. The van der Waals surface area contributed by atoms with Crippen LogP contribution in [0.15, 0.2) is 42.5 Å². The molecular weight excluding hydrogens is 504 g/mol. The van der Waals surface area contributed by atoms with E-state index < -0.39 is 36.1 Å². The Morgan fingerprint density at radius 2 is 1.76 bits per heavy atom. The van der Waals surface area contributed by atoms with Gasteiger partial charge >= 0.3 is 12.1 Å². The number of benzene rings is 2. The number of halogens is 4. The van der Waals surface area contributed by atoms with Crippen molar-refractivity contribution in [2.45, 2.75) is 12.6 Å². The molecule has 2 aromatic rings. The van der Waals surface area contributed by atoms with Gasteiger partial charge in [-0.1, -0.05) is 0 Å². The van der Waals surface area contributed by atoms with Crippen molar-refractivity contribution < 1.29 is 32.7 Å². The maximum absolute atomic E-state index is 12.9. The van der Waals surface area contributed by atoms with Crippen LogP contribution in [-0.2, 0) is 15.8 Å². The molecule has 0 bridgehead atoms. The smallest absolute Gasteiger partial charge is 0.416 e. The molecule has 0 radical (unpaired) electrons. The second-order valence-corrected chi connectivity index (χ2v) is 7.55. The highest BCUT2D eigenvalue weighted by Crippen LogP contribution is 2.35. The van der Waals surface area contributed by atoms with Gasteiger partial charge in [0, 0.05) is 15.8 Å². The molecule has 0 aliphatic carbocycles. The number of amides is 2. The molecule has 29 heavy (non-hydrogen) atoms. The third-order valence-electron chi connectivity index (χ3n) is 4.34. The third kappa shape index (κ3) is 4.52. The van der Waals surface area contributed by atoms with Gasteiger partial charge in [0.15, 0.2) is 0 Å². The van der Waals surface area contributed by atoms with E-state index in [0.717, 1.165) is 20.6 Å². The molecule has 2 amide bonds. The lowest BCUT2D eigenvalue weighted by molar-refractivity contribution is -0.138. The fraction of sp³-hybridized carbons (Fsp3) is 0.211. The van der Waals surface area contributed by atoms with E-state index >= 15 is 0 Å². The number of hydrogen-bond acceptors (Lipinski definition) is 3. The van der Waals surface area contributed by atoms with Crippen LogP contribution in [0.1, 0.15) is 22.3 Å². The zero-order valence-electron chi connectivity index (χ0n) is 14.7. The van der Waals surface area contributed by atoms with Gasteiger partial charge in [0.1, 0.15) is 6.54 Å². The number of carbonyl (C=O) groups excluding carboxylic acids is 2. The van der Waals surface area contributed by atoms with Crippen molar-refractivity contribution in [2.75, 3.05) is 18.0 Å². The lowest BCUT2D eigenvalue weighted by atomic mass is 10.1. The molecule has 3 rings (SSSR count). The molecule has 10 heteroatoms. The van der Waals surface area contributed by atoms with Crippen LogP contribution in [0.3, 0.4) is 0 Å². The molecule has 2 aromatic carbocycles. The molecule has 152 valence electrons. The Kier molecular flexibility index (Phi) is 5.82. The summed E-state index contributed by atoms with van der Waals surface area (Å²) in [6.07, 6.45) is -4.85. The first-order valence-corrected chi connectivity index (χ1v) is 9.46. The van der Waals surface area contributed by atoms with Crippen LogP contribution < -0.4 is 4.90 Å². The molecule has 0 spiro atoms. The topological polar surface area (TPSA) is 77.9 Å². The molecule has 0 unspecified atom stereocenters. The number of alkyl halides is 3. The van der Waals surface area contributed by atoms with Gasteiger partial charge < -0.3 is 10.0 Å². The Hall–Kier alpha value is -2.63. The van der Waals surface area contributed by atoms with E-state index in [4.69, 9.17) is 5.11 Å². The summed E-state index contributed by atoms with van der Waals surface area (Å²) in [5.74, 6) is -2.18. The summed E-state index contributed by atoms with van der Waals surface area (Å²) in [5, 5.41) is 8.90. The number of carboxylic acid groups (broad SMARTS) is 1. The number of nitrogens with zero attached hydrogens (tertiary/aromatic N) is 2. The van der Waals surface area contributed by atoms with Gasteiger partial charge in [-0.2, -0.15) is 13.2 Å². The molecule has 0 fully saturated rings. The Morgan fingerprint density at radius 3 is 2.34 bits per heavy atom. The summed E-state index contributed by atoms with van der Waals surface area (Å²) >= 11 is 1.99. The minimum atomic E-state index is -4.51. The molecule has 1 aliphatic heterocycles. The Balaban J connectivity index is 2.06. The third-order valence-corrected chi connectivity index (χ3v) is 5.01. The van der Waals surface area contributed by atoms with E-state index in [1.807, 2.05) is 22.6 Å². The van der Waals surface area contributed by atoms with Crippen LogP contribution in [0.2, 0.25) is 0 Å². The Morgan fingerprint density at radius 1 is 1.10 bits per heavy atom. The zero-order valence-corrected chi connectivity index (χ0v) is 16.9. The molecule has 0 aromatic heterocycles. The molecule has 0 saturated heterocycles. The fourth-order valence-corrected chi connectivity index (χ4v) is 3.47. The van der Waals surface area contributed by atoms with E-state index in [0.29, 0.717) is 0 Å². The zero-order chi connectivity index (χ0) is 21.3. The molecule has 0 atom stereocenters. The quantitative estimate of drug-likeness (QED) is 0.624. The van der Waals surface area contributed by atoms with Crippen molar-refractivity contribution in [3.05, 3.63) is 57.2 Å².